The van der Waals surface area contributed by atoms with E-state index in [1.54, 1.807) is 14.0 Å². The number of benzene rings is 2. The predicted molar refractivity (Wildman–Crippen MR) is 147 cm³/mol. The van der Waals surface area contributed by atoms with Gasteiger partial charge in [0.2, 0.25) is 0 Å². The van der Waals surface area contributed by atoms with Gasteiger partial charge in [0.1, 0.15) is 5.75 Å². The van der Waals surface area contributed by atoms with Crippen molar-refractivity contribution in [1.29, 1.82) is 0 Å². The molecule has 2 aromatic carbocycles. The molecule has 194 valence electrons. The second-order valence-electron chi connectivity index (χ2n) is 7.29. The molecule has 6 heteroatoms. The van der Waals surface area contributed by atoms with Crippen molar-refractivity contribution in [2.75, 3.05) is 27.3 Å². The van der Waals surface area contributed by atoms with E-state index >= 15 is 0 Å². The van der Waals surface area contributed by atoms with Gasteiger partial charge in [0.05, 0.1) is 12.8 Å². The van der Waals surface area contributed by atoms with Crippen molar-refractivity contribution in [3.05, 3.63) is 65.4 Å². The number of aliphatic hydroxyl groups excluding tert-OH is 1. The molecule has 3 aromatic rings. The summed E-state index contributed by atoms with van der Waals surface area (Å²) in [5, 5.41) is 11.5. The van der Waals surface area contributed by atoms with Gasteiger partial charge in [0.25, 0.3) is 0 Å². The van der Waals surface area contributed by atoms with E-state index in [4.69, 9.17) is 9.84 Å². The highest BCUT2D eigenvalue weighted by molar-refractivity contribution is 6.00. The average Bonchev–Trinajstić information content (AvgIpc) is 3.19. The number of unbranched alkanes of at least 4 members (excludes halogenated alkanes) is 1. The zero-order valence-corrected chi connectivity index (χ0v) is 22.4. The van der Waals surface area contributed by atoms with Gasteiger partial charge in [-0.2, -0.15) is 0 Å². The molecule has 3 rings (SSSR count). The lowest BCUT2D eigenvalue weighted by Gasteiger charge is -2.11. The summed E-state index contributed by atoms with van der Waals surface area (Å²) in [4.78, 5) is 11.8. The summed E-state index contributed by atoms with van der Waals surface area (Å²) in [6, 6.07) is 16.3. The van der Waals surface area contributed by atoms with E-state index in [-0.39, 0.29) is 12.7 Å². The topological polar surface area (TPSA) is 95.0 Å². The molecule has 0 unspecified atom stereocenters. The summed E-state index contributed by atoms with van der Waals surface area (Å²) in [7, 11) is 4.65. The Bertz CT molecular complexity index is 928. The SMILES string of the molecule is CC.CCNCCCCc1c(OC)ccc2c1cc(C(C)=O)n2C.CO.Cc1ccccc1.O.[HH]. The minimum Gasteiger partial charge on any atom is -0.496 e. The molecule has 1 aromatic heterocycles. The summed E-state index contributed by atoms with van der Waals surface area (Å²) in [6.07, 6.45) is 3.21. The highest BCUT2D eigenvalue weighted by atomic mass is 16.5. The number of methoxy groups -OCH3 is 1. The molecule has 0 radical (unpaired) electrons. The van der Waals surface area contributed by atoms with E-state index in [0.717, 1.165) is 61.8 Å². The molecule has 0 bridgehead atoms. The molecule has 0 aliphatic carbocycles. The van der Waals surface area contributed by atoms with Crippen LogP contribution in [0.5, 0.6) is 5.75 Å². The Morgan fingerprint density at radius 1 is 1.09 bits per heavy atom. The number of ketones is 1. The van der Waals surface area contributed by atoms with E-state index in [2.05, 4.69) is 31.3 Å². The fourth-order valence-corrected chi connectivity index (χ4v) is 3.50. The maximum absolute atomic E-state index is 11.8. The van der Waals surface area contributed by atoms with Crippen LogP contribution in [0.3, 0.4) is 0 Å². The molecule has 0 saturated heterocycles. The average molecular weight is 477 g/mol. The molecule has 1 heterocycles. The summed E-state index contributed by atoms with van der Waals surface area (Å²) in [5.41, 5.74) is 4.37. The van der Waals surface area contributed by atoms with Crippen LogP contribution in [0.4, 0.5) is 0 Å². The van der Waals surface area contributed by atoms with E-state index in [1.165, 1.54) is 11.1 Å². The lowest BCUT2D eigenvalue weighted by molar-refractivity contribution is 0.101. The molecule has 4 N–H and O–H groups in total. The third-order valence-electron chi connectivity index (χ3n) is 5.10. The molecule has 0 aliphatic heterocycles. The maximum atomic E-state index is 11.8. The molecule has 6 nitrogen and oxygen atoms in total. The zero-order valence-electron chi connectivity index (χ0n) is 22.4. The summed E-state index contributed by atoms with van der Waals surface area (Å²) in [5.74, 6) is 1.01. The van der Waals surface area contributed by atoms with Crippen LogP contribution in [0.1, 0.15) is 63.6 Å². The van der Waals surface area contributed by atoms with Gasteiger partial charge >= 0.3 is 0 Å². The van der Waals surface area contributed by atoms with Crippen LogP contribution in [-0.4, -0.2) is 48.2 Å². The molecular weight excluding hydrogens is 428 g/mol. The first-order valence-corrected chi connectivity index (χ1v) is 11.8. The number of nitrogens with one attached hydrogen (secondary N) is 1. The number of fused-ring (bicyclic) bond motifs is 1. The van der Waals surface area contributed by atoms with Crippen LogP contribution < -0.4 is 10.1 Å². The Morgan fingerprint density at radius 3 is 2.18 bits per heavy atom. The van der Waals surface area contributed by atoms with Crippen molar-refractivity contribution in [3.8, 4) is 5.75 Å². The van der Waals surface area contributed by atoms with E-state index in [9.17, 15) is 4.79 Å². The molecule has 0 fully saturated rings. The third-order valence-corrected chi connectivity index (χ3v) is 5.10. The van der Waals surface area contributed by atoms with Crippen LogP contribution in [0.2, 0.25) is 0 Å². The first-order valence-electron chi connectivity index (χ1n) is 11.8. The van der Waals surface area contributed by atoms with Crippen LogP contribution in [0, 0.1) is 6.92 Å². The Labute approximate surface area is 207 Å². The van der Waals surface area contributed by atoms with Gasteiger partial charge in [-0.15, -0.1) is 0 Å². The van der Waals surface area contributed by atoms with Gasteiger partial charge in [-0.05, 0) is 57.5 Å². The Hall–Kier alpha value is -2.67. The largest absolute Gasteiger partial charge is 0.496 e. The van der Waals surface area contributed by atoms with Crippen molar-refractivity contribution in [2.24, 2.45) is 7.05 Å². The number of Topliss-reactive ketones (excluding diaryl/α,β-unsaturated/α-hetero) is 1. The number of rotatable bonds is 8. The monoisotopic (exact) mass is 476 g/mol. The lowest BCUT2D eigenvalue weighted by Crippen LogP contribution is -2.14. The van der Waals surface area contributed by atoms with Crippen LogP contribution >= 0.6 is 0 Å². The fourth-order valence-electron chi connectivity index (χ4n) is 3.50. The summed E-state index contributed by atoms with van der Waals surface area (Å²) >= 11 is 0. The van der Waals surface area contributed by atoms with E-state index < -0.39 is 0 Å². The molecule has 0 atom stereocenters. The molecular formula is C28H48N2O4. The Kier molecular flexibility index (Phi) is 19.5. The molecule has 0 spiro atoms. The standard InChI is InChI=1S/C18H26N2O2.C7H8.C2H6.CH4O.H2O.H2/c1-5-19-11-7-6-8-14-15-12-17(13(2)21)20(3)16(15)9-10-18(14)22-4;1-7-5-3-2-4-6-7;2*1-2;;/h9-10,12,19H,5-8,11H2,1-4H3;2-6H,1H3;1-2H3;2H,1H3;1H2;1H. The first kappa shape index (κ1) is 33.5. The first-order chi connectivity index (χ1) is 16.0. The van der Waals surface area contributed by atoms with Gasteiger partial charge in [0, 0.05) is 39.0 Å². The zero-order chi connectivity index (χ0) is 25.2. The molecule has 34 heavy (non-hydrogen) atoms. The Balaban J connectivity index is -0.000000666. The number of hydrogen-bond donors (Lipinski definition) is 2. The number of aryl methyl sites for hydroxylation is 3. The number of hydrogen-bond acceptors (Lipinski definition) is 4. The van der Waals surface area contributed by atoms with Crippen molar-refractivity contribution in [3.63, 3.8) is 0 Å². The lowest BCUT2D eigenvalue weighted by atomic mass is 10.0. The Morgan fingerprint density at radius 2 is 1.71 bits per heavy atom. The van der Waals surface area contributed by atoms with Crippen molar-refractivity contribution < 1.29 is 21.5 Å². The number of nitrogens with zero attached hydrogens (tertiary/aromatic N) is 1. The number of ether oxygens (including phenoxy) is 1. The number of aromatic nitrogens is 1. The fraction of sp³-hybridized carbons (Fsp3) is 0.464. The van der Waals surface area contributed by atoms with Gasteiger partial charge in [-0.25, -0.2) is 0 Å². The quantitative estimate of drug-likeness (QED) is 0.337. The highest BCUT2D eigenvalue weighted by Gasteiger charge is 2.15. The van der Waals surface area contributed by atoms with Gasteiger partial charge < -0.3 is 25.2 Å². The minimum absolute atomic E-state index is 0. The summed E-state index contributed by atoms with van der Waals surface area (Å²) in [6.45, 7) is 11.9. The van der Waals surface area contributed by atoms with E-state index in [0.29, 0.717) is 0 Å². The second kappa shape index (κ2) is 19.8. The van der Waals surface area contributed by atoms with Gasteiger partial charge in [-0.3, -0.25) is 4.79 Å². The van der Waals surface area contributed by atoms with Crippen LogP contribution in [-0.2, 0) is 13.5 Å². The number of carbonyl (C=O) groups excluding carboxylic acids is 1. The molecule has 0 aliphatic rings. The van der Waals surface area contributed by atoms with E-state index in [1.807, 2.05) is 61.9 Å². The van der Waals surface area contributed by atoms with Crippen LogP contribution in [0.15, 0.2) is 48.5 Å². The van der Waals surface area contributed by atoms with Gasteiger partial charge in [-0.1, -0.05) is 56.7 Å². The van der Waals surface area contributed by atoms with Crippen molar-refractivity contribution in [2.45, 2.75) is 53.9 Å². The maximum Gasteiger partial charge on any atom is 0.176 e. The van der Waals surface area contributed by atoms with Crippen molar-refractivity contribution >= 4 is 16.7 Å². The van der Waals surface area contributed by atoms with Gasteiger partial charge in [0.15, 0.2) is 5.78 Å². The normalized spacial score (nSPS) is 9.32. The molecule has 0 saturated carbocycles. The second-order valence-corrected chi connectivity index (χ2v) is 7.29. The highest BCUT2D eigenvalue weighted by Crippen LogP contribution is 2.31. The number of carbonyl (C=O) groups is 1. The third kappa shape index (κ3) is 10.5. The number of aliphatic hydroxyl groups is 1. The summed E-state index contributed by atoms with van der Waals surface area (Å²) < 4.78 is 7.50. The van der Waals surface area contributed by atoms with Crippen LogP contribution in [0.25, 0.3) is 10.9 Å². The molecule has 0 amide bonds. The smallest absolute Gasteiger partial charge is 0.176 e. The minimum atomic E-state index is 0. The predicted octanol–water partition coefficient (Wildman–Crippen LogP) is 5.37. The van der Waals surface area contributed by atoms with Crippen molar-refractivity contribution in [1.82, 2.24) is 9.88 Å².